The highest BCUT2D eigenvalue weighted by atomic mass is 32.1. The van der Waals surface area contributed by atoms with E-state index in [2.05, 4.69) is 15.6 Å². The van der Waals surface area contributed by atoms with Crippen molar-refractivity contribution in [3.63, 3.8) is 0 Å². The number of carbonyl (C=O) groups excluding carboxylic acids is 2. The van der Waals surface area contributed by atoms with Gasteiger partial charge in [-0.3, -0.25) is 9.59 Å². The molecule has 0 aliphatic carbocycles. The van der Waals surface area contributed by atoms with Crippen molar-refractivity contribution in [3.8, 4) is 0 Å². The van der Waals surface area contributed by atoms with E-state index < -0.39 is 23.6 Å². The number of nitrogens with zero attached hydrogens (tertiary/aromatic N) is 1. The van der Waals surface area contributed by atoms with Gasteiger partial charge in [-0.2, -0.15) is 0 Å². The molecule has 1 heterocycles. The van der Waals surface area contributed by atoms with Gasteiger partial charge in [-0.25, -0.2) is 13.8 Å². The highest BCUT2D eigenvalue weighted by molar-refractivity contribution is 7.22. The number of amides is 2. The predicted octanol–water partition coefficient (Wildman–Crippen LogP) is 2.67. The SMILES string of the molecule is CC(=O)N[C@H](C(=O)Nc1nc2cc(F)c(F)cc2s1)C(C)C. The summed E-state index contributed by atoms with van der Waals surface area (Å²) in [6, 6.07) is 1.30. The zero-order chi connectivity index (χ0) is 16.4. The minimum atomic E-state index is -0.992. The molecule has 118 valence electrons. The summed E-state index contributed by atoms with van der Waals surface area (Å²) in [7, 11) is 0. The number of hydrogen-bond acceptors (Lipinski definition) is 4. The van der Waals surface area contributed by atoms with Gasteiger partial charge in [0.1, 0.15) is 6.04 Å². The average Bonchev–Trinajstić information content (AvgIpc) is 2.77. The summed E-state index contributed by atoms with van der Waals surface area (Å²) < 4.78 is 26.7. The number of benzene rings is 1. The van der Waals surface area contributed by atoms with Crippen molar-refractivity contribution in [1.29, 1.82) is 0 Å². The van der Waals surface area contributed by atoms with E-state index in [1.165, 1.54) is 6.92 Å². The van der Waals surface area contributed by atoms with Gasteiger partial charge in [-0.05, 0) is 12.0 Å². The third-order valence-electron chi connectivity index (χ3n) is 2.97. The smallest absolute Gasteiger partial charge is 0.248 e. The fourth-order valence-electron chi connectivity index (χ4n) is 1.91. The quantitative estimate of drug-likeness (QED) is 0.907. The zero-order valence-electron chi connectivity index (χ0n) is 12.2. The van der Waals surface area contributed by atoms with Crippen molar-refractivity contribution in [1.82, 2.24) is 10.3 Å². The van der Waals surface area contributed by atoms with Gasteiger partial charge < -0.3 is 10.6 Å². The van der Waals surface area contributed by atoms with Gasteiger partial charge in [-0.15, -0.1) is 0 Å². The Balaban J connectivity index is 2.22. The van der Waals surface area contributed by atoms with Gasteiger partial charge in [0.15, 0.2) is 16.8 Å². The Labute approximate surface area is 129 Å². The molecule has 0 saturated carbocycles. The van der Waals surface area contributed by atoms with Crippen molar-refractivity contribution in [3.05, 3.63) is 23.8 Å². The van der Waals surface area contributed by atoms with Crippen LogP contribution in [0.15, 0.2) is 12.1 Å². The number of nitrogens with one attached hydrogen (secondary N) is 2. The van der Waals surface area contributed by atoms with Crippen LogP contribution >= 0.6 is 11.3 Å². The second kappa shape index (κ2) is 6.35. The van der Waals surface area contributed by atoms with Gasteiger partial charge >= 0.3 is 0 Å². The maximum atomic E-state index is 13.2. The van der Waals surface area contributed by atoms with Crippen molar-refractivity contribution in [2.24, 2.45) is 5.92 Å². The van der Waals surface area contributed by atoms with Crippen LogP contribution in [0.25, 0.3) is 10.2 Å². The largest absolute Gasteiger partial charge is 0.344 e. The average molecular weight is 327 g/mol. The number of rotatable bonds is 4. The molecular weight excluding hydrogens is 312 g/mol. The minimum Gasteiger partial charge on any atom is -0.344 e. The summed E-state index contributed by atoms with van der Waals surface area (Å²) >= 11 is 1.03. The summed E-state index contributed by atoms with van der Waals surface area (Å²) in [5, 5.41) is 5.35. The van der Waals surface area contributed by atoms with Crippen LogP contribution in [-0.2, 0) is 9.59 Å². The van der Waals surface area contributed by atoms with Gasteiger partial charge in [0.25, 0.3) is 0 Å². The second-order valence-electron chi connectivity index (χ2n) is 5.16. The van der Waals surface area contributed by atoms with Crippen LogP contribution in [0, 0.1) is 17.6 Å². The molecule has 22 heavy (non-hydrogen) atoms. The van der Waals surface area contributed by atoms with E-state index in [1.54, 1.807) is 13.8 Å². The third-order valence-corrected chi connectivity index (χ3v) is 3.90. The third kappa shape index (κ3) is 3.56. The summed E-state index contributed by atoms with van der Waals surface area (Å²) in [6.07, 6.45) is 0. The molecule has 8 heteroatoms. The van der Waals surface area contributed by atoms with Crippen LogP contribution in [0.2, 0.25) is 0 Å². The number of fused-ring (bicyclic) bond motifs is 1. The van der Waals surface area contributed by atoms with Gasteiger partial charge in [0.05, 0.1) is 10.2 Å². The van der Waals surface area contributed by atoms with Crippen molar-refractivity contribution < 1.29 is 18.4 Å². The Morgan fingerprint density at radius 1 is 1.23 bits per heavy atom. The lowest BCUT2D eigenvalue weighted by Crippen LogP contribution is -2.46. The first-order valence-corrected chi connectivity index (χ1v) is 7.43. The van der Waals surface area contributed by atoms with E-state index in [1.807, 2.05) is 0 Å². The van der Waals surface area contributed by atoms with Crippen LogP contribution in [0.4, 0.5) is 13.9 Å². The highest BCUT2D eigenvalue weighted by Crippen LogP contribution is 2.28. The first kappa shape index (κ1) is 16.3. The molecule has 0 aliphatic rings. The molecule has 1 atom stereocenters. The van der Waals surface area contributed by atoms with E-state index >= 15 is 0 Å². The van der Waals surface area contributed by atoms with Crippen molar-refractivity contribution in [2.45, 2.75) is 26.8 Å². The Bertz CT molecular complexity index is 691. The Morgan fingerprint density at radius 2 is 1.86 bits per heavy atom. The molecule has 1 aromatic carbocycles. The molecule has 0 spiro atoms. The molecule has 2 rings (SSSR count). The van der Waals surface area contributed by atoms with Crippen molar-refractivity contribution >= 4 is 38.5 Å². The molecule has 2 aromatic rings. The number of hydrogen-bond donors (Lipinski definition) is 2. The van der Waals surface area contributed by atoms with E-state index in [0.717, 1.165) is 23.5 Å². The number of anilines is 1. The maximum Gasteiger partial charge on any atom is 0.248 e. The molecule has 0 aliphatic heterocycles. The van der Waals surface area contributed by atoms with E-state index in [4.69, 9.17) is 0 Å². The van der Waals surface area contributed by atoms with Crippen LogP contribution in [0.1, 0.15) is 20.8 Å². The molecule has 2 N–H and O–H groups in total. The molecule has 0 saturated heterocycles. The van der Waals surface area contributed by atoms with Crippen LogP contribution in [-0.4, -0.2) is 22.8 Å². The molecule has 5 nitrogen and oxygen atoms in total. The monoisotopic (exact) mass is 327 g/mol. The normalized spacial score (nSPS) is 12.5. The van der Waals surface area contributed by atoms with E-state index in [0.29, 0.717) is 4.70 Å². The summed E-state index contributed by atoms with van der Waals surface area (Å²) in [4.78, 5) is 27.4. The molecule has 1 aromatic heterocycles. The first-order valence-electron chi connectivity index (χ1n) is 6.61. The zero-order valence-corrected chi connectivity index (χ0v) is 13.1. The molecule has 0 fully saturated rings. The molecule has 2 amide bonds. The maximum absolute atomic E-state index is 13.2. The van der Waals surface area contributed by atoms with Crippen LogP contribution < -0.4 is 10.6 Å². The van der Waals surface area contributed by atoms with Crippen molar-refractivity contribution in [2.75, 3.05) is 5.32 Å². The summed E-state index contributed by atoms with van der Waals surface area (Å²) in [5.41, 5.74) is 0.264. The van der Waals surface area contributed by atoms with E-state index in [-0.39, 0.29) is 22.5 Å². The van der Waals surface area contributed by atoms with Gasteiger partial charge in [0, 0.05) is 13.0 Å². The molecule has 0 bridgehead atoms. The molecular formula is C14H15F2N3O2S. The molecule has 0 radical (unpaired) electrons. The fourth-order valence-corrected chi connectivity index (χ4v) is 2.79. The van der Waals surface area contributed by atoms with Crippen LogP contribution in [0.5, 0.6) is 0 Å². The highest BCUT2D eigenvalue weighted by Gasteiger charge is 2.24. The number of aromatic nitrogens is 1. The lowest BCUT2D eigenvalue weighted by atomic mass is 10.0. The number of thiazole rings is 1. The predicted molar refractivity (Wildman–Crippen MR) is 80.6 cm³/mol. The Hall–Kier alpha value is -2.09. The lowest BCUT2D eigenvalue weighted by molar-refractivity contribution is -0.126. The second-order valence-corrected chi connectivity index (χ2v) is 6.20. The standard InChI is InChI=1S/C14H15F2N3O2S/c1-6(2)12(17-7(3)20)13(21)19-14-18-10-4-8(15)9(16)5-11(10)22-14/h4-6,12H,1-3H3,(H,17,20)(H,18,19,21)/t12-/m0/s1. The summed E-state index contributed by atoms with van der Waals surface area (Å²) in [6.45, 7) is 4.92. The molecule has 0 unspecified atom stereocenters. The minimum absolute atomic E-state index is 0.117. The number of carbonyl (C=O) groups is 2. The van der Waals surface area contributed by atoms with Gasteiger partial charge in [0.2, 0.25) is 11.8 Å². The Morgan fingerprint density at radius 3 is 2.45 bits per heavy atom. The first-order chi connectivity index (χ1) is 10.3. The van der Waals surface area contributed by atoms with Crippen LogP contribution in [0.3, 0.4) is 0 Å². The topological polar surface area (TPSA) is 71.1 Å². The lowest BCUT2D eigenvalue weighted by Gasteiger charge is -2.19. The summed E-state index contributed by atoms with van der Waals surface area (Å²) in [5.74, 6) is -2.82. The Kier molecular flexibility index (Phi) is 4.70. The fraction of sp³-hybridized carbons (Fsp3) is 0.357. The van der Waals surface area contributed by atoms with E-state index in [9.17, 15) is 18.4 Å². The number of halogens is 2. The van der Waals surface area contributed by atoms with Gasteiger partial charge in [-0.1, -0.05) is 25.2 Å².